The number of nitrogens with zero attached hydrogens (tertiary/aromatic N) is 1. The van der Waals surface area contributed by atoms with E-state index in [0.29, 0.717) is 12.2 Å². The molecule has 1 aromatic heterocycles. The number of ether oxygens (including phenoxy) is 1. The van der Waals surface area contributed by atoms with Crippen molar-refractivity contribution < 1.29 is 9.13 Å². The van der Waals surface area contributed by atoms with Crippen LogP contribution >= 0.6 is 9.24 Å². The van der Waals surface area contributed by atoms with Gasteiger partial charge in [0, 0.05) is 23.6 Å². The fraction of sp³-hybridized carbons (Fsp3) is 0.125. The first-order valence-corrected chi connectivity index (χ1v) is 9.68. The molecule has 0 amide bonds. The molecule has 0 spiro atoms. The molecule has 1 atom stereocenters. The molecule has 4 rings (SSSR count). The summed E-state index contributed by atoms with van der Waals surface area (Å²) in [7, 11) is 4.35. The minimum absolute atomic E-state index is 0.263. The Morgan fingerprint density at radius 3 is 2.57 bits per heavy atom. The van der Waals surface area contributed by atoms with Crippen molar-refractivity contribution in [1.82, 2.24) is 4.98 Å². The molecule has 0 bridgehead atoms. The molecule has 140 valence electrons. The molecule has 3 aromatic carbocycles. The first-order valence-electron chi connectivity index (χ1n) is 9.11. The molecule has 1 heterocycles. The van der Waals surface area contributed by atoms with Crippen molar-refractivity contribution >= 4 is 25.4 Å². The lowest BCUT2D eigenvalue weighted by Gasteiger charge is -2.12. The zero-order chi connectivity index (χ0) is 19.7. The molecular weight excluding hydrogens is 368 g/mol. The third-order valence-electron chi connectivity index (χ3n) is 4.91. The number of methoxy groups -OCH3 is 1. The molecule has 4 heteroatoms. The largest absolute Gasteiger partial charge is 0.380 e. The maximum Gasteiger partial charge on any atom is 0.131 e. The molecule has 0 aliphatic heterocycles. The van der Waals surface area contributed by atoms with E-state index >= 15 is 4.39 Å². The van der Waals surface area contributed by atoms with Crippen LogP contribution in [-0.4, -0.2) is 12.1 Å². The van der Waals surface area contributed by atoms with Crippen LogP contribution in [-0.2, 0) is 11.3 Å². The Labute approximate surface area is 166 Å². The molecule has 0 aliphatic rings. The van der Waals surface area contributed by atoms with E-state index in [1.807, 2.05) is 54.6 Å². The van der Waals surface area contributed by atoms with Gasteiger partial charge in [-0.25, -0.2) is 9.37 Å². The SMILES string of the molecule is COCc1ccccc1-c1ccc(-c2cc(C)c3cc(P)ccc3n2)cc1F. The number of rotatable bonds is 4. The van der Waals surface area contributed by atoms with Gasteiger partial charge < -0.3 is 4.74 Å². The topological polar surface area (TPSA) is 22.1 Å². The van der Waals surface area contributed by atoms with Crippen LogP contribution in [0.4, 0.5) is 4.39 Å². The fourth-order valence-corrected chi connectivity index (χ4v) is 3.78. The summed E-state index contributed by atoms with van der Waals surface area (Å²) in [5.74, 6) is -0.263. The number of aromatic nitrogens is 1. The molecule has 0 fully saturated rings. The smallest absolute Gasteiger partial charge is 0.131 e. The summed E-state index contributed by atoms with van der Waals surface area (Å²) in [4.78, 5) is 4.74. The van der Waals surface area contributed by atoms with E-state index < -0.39 is 0 Å². The summed E-state index contributed by atoms with van der Waals surface area (Å²) in [5.41, 5.74) is 5.97. The standard InChI is InChI=1S/C24H21FNOP/c1-15-11-24(26-23-10-8-18(28)13-21(15)23)16-7-9-20(22(25)12-16)19-6-4-3-5-17(19)14-27-2/h3-13H,14,28H2,1-2H3. The minimum Gasteiger partial charge on any atom is -0.380 e. The van der Waals surface area contributed by atoms with Crippen LogP contribution in [0.15, 0.2) is 66.7 Å². The molecule has 28 heavy (non-hydrogen) atoms. The van der Waals surface area contributed by atoms with E-state index in [4.69, 9.17) is 9.72 Å². The van der Waals surface area contributed by atoms with Gasteiger partial charge in [-0.05, 0) is 53.2 Å². The molecule has 0 aliphatic carbocycles. The van der Waals surface area contributed by atoms with Gasteiger partial charge >= 0.3 is 0 Å². The molecule has 0 radical (unpaired) electrons. The lowest BCUT2D eigenvalue weighted by atomic mass is 9.97. The van der Waals surface area contributed by atoms with Crippen molar-refractivity contribution in [3.63, 3.8) is 0 Å². The number of benzene rings is 3. The zero-order valence-corrected chi connectivity index (χ0v) is 17.0. The van der Waals surface area contributed by atoms with E-state index in [-0.39, 0.29) is 5.82 Å². The van der Waals surface area contributed by atoms with Crippen molar-refractivity contribution in [2.75, 3.05) is 7.11 Å². The molecule has 4 aromatic rings. The van der Waals surface area contributed by atoms with E-state index in [2.05, 4.69) is 22.2 Å². The first-order chi connectivity index (χ1) is 13.6. The fourth-order valence-electron chi connectivity index (χ4n) is 3.52. The Hall–Kier alpha value is -2.61. The van der Waals surface area contributed by atoms with Gasteiger partial charge in [0.2, 0.25) is 0 Å². The minimum atomic E-state index is -0.263. The molecule has 0 N–H and O–H groups in total. The predicted octanol–water partition coefficient (Wildman–Crippen LogP) is 5.66. The van der Waals surface area contributed by atoms with Gasteiger partial charge in [0.05, 0.1) is 17.8 Å². The maximum absolute atomic E-state index is 15.0. The summed E-state index contributed by atoms with van der Waals surface area (Å²) >= 11 is 0. The number of fused-ring (bicyclic) bond motifs is 1. The molecule has 0 saturated heterocycles. The average molecular weight is 389 g/mol. The summed E-state index contributed by atoms with van der Waals surface area (Å²) in [6.45, 7) is 2.50. The van der Waals surface area contributed by atoms with E-state index in [9.17, 15) is 0 Å². The van der Waals surface area contributed by atoms with Crippen LogP contribution in [0.3, 0.4) is 0 Å². The molecule has 2 nitrogen and oxygen atoms in total. The number of aryl methyl sites for hydroxylation is 1. The second-order valence-electron chi connectivity index (χ2n) is 6.89. The molecule has 0 saturated carbocycles. The third-order valence-corrected chi connectivity index (χ3v) is 5.27. The van der Waals surface area contributed by atoms with Gasteiger partial charge in [0.1, 0.15) is 5.82 Å². The van der Waals surface area contributed by atoms with Gasteiger partial charge in [-0.2, -0.15) is 0 Å². The van der Waals surface area contributed by atoms with Crippen LogP contribution < -0.4 is 5.30 Å². The Bertz CT molecular complexity index is 1170. The molecule has 1 unspecified atom stereocenters. The number of hydrogen-bond donors (Lipinski definition) is 0. The zero-order valence-electron chi connectivity index (χ0n) is 15.9. The maximum atomic E-state index is 15.0. The Balaban J connectivity index is 1.79. The van der Waals surface area contributed by atoms with Crippen LogP contribution in [0.25, 0.3) is 33.3 Å². The normalized spacial score (nSPS) is 11.1. The Kier molecular flexibility index (Phi) is 5.21. The van der Waals surface area contributed by atoms with E-state index in [1.54, 1.807) is 13.2 Å². The summed E-state index contributed by atoms with van der Waals surface area (Å²) in [6.07, 6.45) is 0. The van der Waals surface area contributed by atoms with Gasteiger partial charge in [0.15, 0.2) is 0 Å². The van der Waals surface area contributed by atoms with E-state index in [1.165, 1.54) is 0 Å². The van der Waals surface area contributed by atoms with Gasteiger partial charge in [0.25, 0.3) is 0 Å². The lowest BCUT2D eigenvalue weighted by molar-refractivity contribution is 0.185. The van der Waals surface area contributed by atoms with Gasteiger partial charge in [-0.3, -0.25) is 0 Å². The summed E-state index contributed by atoms with van der Waals surface area (Å²) < 4.78 is 20.3. The van der Waals surface area contributed by atoms with Gasteiger partial charge in [-0.15, -0.1) is 9.24 Å². The highest BCUT2D eigenvalue weighted by Crippen LogP contribution is 2.31. The van der Waals surface area contributed by atoms with Crippen LogP contribution in [0.1, 0.15) is 11.1 Å². The quantitative estimate of drug-likeness (QED) is 0.420. The van der Waals surface area contributed by atoms with Crippen molar-refractivity contribution in [2.45, 2.75) is 13.5 Å². The Morgan fingerprint density at radius 2 is 1.79 bits per heavy atom. The predicted molar refractivity (Wildman–Crippen MR) is 117 cm³/mol. The number of pyridine rings is 1. The first kappa shape index (κ1) is 18.7. The number of halogens is 1. The second kappa shape index (κ2) is 7.79. The van der Waals surface area contributed by atoms with Crippen LogP contribution in [0, 0.1) is 12.7 Å². The highest BCUT2D eigenvalue weighted by Gasteiger charge is 2.12. The average Bonchev–Trinajstić information content (AvgIpc) is 2.69. The second-order valence-corrected chi connectivity index (χ2v) is 7.55. The lowest BCUT2D eigenvalue weighted by Crippen LogP contribution is -1.96. The van der Waals surface area contributed by atoms with Crippen molar-refractivity contribution in [3.05, 3.63) is 83.7 Å². The third kappa shape index (κ3) is 3.56. The van der Waals surface area contributed by atoms with Crippen LogP contribution in [0.5, 0.6) is 0 Å². The van der Waals surface area contributed by atoms with Gasteiger partial charge in [-0.1, -0.05) is 42.5 Å². The van der Waals surface area contributed by atoms with Crippen molar-refractivity contribution in [2.24, 2.45) is 0 Å². The van der Waals surface area contributed by atoms with Crippen LogP contribution in [0.2, 0.25) is 0 Å². The summed E-state index contributed by atoms with van der Waals surface area (Å²) in [5, 5.41) is 2.23. The van der Waals surface area contributed by atoms with Crippen molar-refractivity contribution in [3.8, 4) is 22.4 Å². The Morgan fingerprint density at radius 1 is 0.964 bits per heavy atom. The molecular formula is C24H21FNOP. The van der Waals surface area contributed by atoms with Crippen molar-refractivity contribution in [1.29, 1.82) is 0 Å². The highest BCUT2D eigenvalue weighted by atomic mass is 31.0. The monoisotopic (exact) mass is 389 g/mol. The summed E-state index contributed by atoms with van der Waals surface area (Å²) in [6, 6.07) is 21.2. The number of hydrogen-bond acceptors (Lipinski definition) is 2. The van der Waals surface area contributed by atoms with E-state index in [0.717, 1.165) is 44.2 Å². The highest BCUT2D eigenvalue weighted by molar-refractivity contribution is 7.27.